The van der Waals surface area contributed by atoms with Crippen LogP contribution in [-0.2, 0) is 23.1 Å². The molecule has 8 nitrogen and oxygen atoms in total. The summed E-state index contributed by atoms with van der Waals surface area (Å²) >= 11 is 0. The van der Waals surface area contributed by atoms with Gasteiger partial charge in [0.05, 0.1) is 12.6 Å². The second-order valence-electron chi connectivity index (χ2n) is 8.60. The van der Waals surface area contributed by atoms with Crippen LogP contribution >= 0.6 is 0 Å². The highest BCUT2D eigenvalue weighted by atomic mass is 16.2. The van der Waals surface area contributed by atoms with E-state index < -0.39 is 17.5 Å². The number of rotatable bonds is 7. The van der Waals surface area contributed by atoms with Gasteiger partial charge in [0, 0.05) is 18.9 Å². The van der Waals surface area contributed by atoms with Gasteiger partial charge in [-0.3, -0.25) is 19.9 Å². The van der Waals surface area contributed by atoms with Gasteiger partial charge in [0.1, 0.15) is 5.54 Å². The van der Waals surface area contributed by atoms with Gasteiger partial charge in [-0.15, -0.1) is 0 Å². The van der Waals surface area contributed by atoms with Crippen molar-refractivity contribution in [2.24, 2.45) is 7.05 Å². The molecule has 0 unspecified atom stereocenters. The third kappa shape index (κ3) is 4.34. The van der Waals surface area contributed by atoms with Crippen molar-refractivity contribution in [2.45, 2.75) is 44.2 Å². The number of carbonyl (C=O) groups excluding carboxylic acids is 3. The lowest BCUT2D eigenvalue weighted by molar-refractivity contribution is -0.139. The standard InChI is InChI=1S/C23H29N5O3/c1-23(13-12-17-8-4-3-5-9-17)21(30)28(22(31)24-23)25-20(29)16-27-15-7-11-19(27)18-10-6-14-26(18)2/h3-6,8-10,14,19H,7,11-13,15-16H2,1-2H3,(H,24,31)(H,25,29)/t19-,23-/m1/s1. The first-order valence-electron chi connectivity index (χ1n) is 10.7. The number of imide groups is 1. The van der Waals surface area contributed by atoms with Crippen molar-refractivity contribution < 1.29 is 14.4 Å². The number of nitrogens with one attached hydrogen (secondary N) is 2. The highest BCUT2D eigenvalue weighted by molar-refractivity contribution is 6.07. The minimum Gasteiger partial charge on any atom is -0.353 e. The quantitative estimate of drug-likeness (QED) is 0.668. The largest absolute Gasteiger partial charge is 0.353 e. The third-order valence-corrected chi connectivity index (χ3v) is 6.29. The maximum Gasteiger partial charge on any atom is 0.344 e. The SMILES string of the molecule is Cn1cccc1[C@H]1CCCN1CC(=O)NN1C(=O)N[C@](C)(CCc2ccccc2)C1=O. The maximum atomic E-state index is 12.9. The van der Waals surface area contributed by atoms with Crippen LogP contribution < -0.4 is 10.7 Å². The molecule has 164 valence electrons. The van der Waals surface area contributed by atoms with Crippen LogP contribution in [0.1, 0.15) is 43.5 Å². The van der Waals surface area contributed by atoms with Crippen LogP contribution in [0.15, 0.2) is 48.7 Å². The zero-order valence-electron chi connectivity index (χ0n) is 18.0. The molecule has 2 aliphatic heterocycles. The number of carbonyl (C=O) groups is 3. The van der Waals surface area contributed by atoms with Crippen molar-refractivity contribution >= 4 is 17.8 Å². The van der Waals surface area contributed by atoms with E-state index in [1.54, 1.807) is 6.92 Å². The second-order valence-corrected chi connectivity index (χ2v) is 8.60. The van der Waals surface area contributed by atoms with Gasteiger partial charge in [-0.25, -0.2) is 4.79 Å². The lowest BCUT2D eigenvalue weighted by atomic mass is 9.93. The highest BCUT2D eigenvalue weighted by Gasteiger charge is 2.48. The maximum absolute atomic E-state index is 12.9. The molecule has 0 bridgehead atoms. The summed E-state index contributed by atoms with van der Waals surface area (Å²) in [5.74, 6) is -0.792. The Morgan fingerprint density at radius 3 is 2.68 bits per heavy atom. The molecule has 4 amide bonds. The zero-order chi connectivity index (χ0) is 22.0. The van der Waals surface area contributed by atoms with Crippen LogP contribution in [0, 0.1) is 0 Å². The summed E-state index contributed by atoms with van der Waals surface area (Å²) in [6, 6.07) is 13.4. The van der Waals surface area contributed by atoms with E-state index in [9.17, 15) is 14.4 Å². The van der Waals surface area contributed by atoms with Crippen molar-refractivity contribution in [3.63, 3.8) is 0 Å². The predicted octanol–water partition coefficient (Wildman–Crippen LogP) is 2.14. The molecule has 0 radical (unpaired) electrons. The molecular formula is C23H29N5O3. The number of benzene rings is 1. The van der Waals surface area contributed by atoms with Crippen molar-refractivity contribution in [3.8, 4) is 0 Å². The van der Waals surface area contributed by atoms with Crippen molar-refractivity contribution in [3.05, 3.63) is 59.9 Å². The molecular weight excluding hydrogens is 394 g/mol. The summed E-state index contributed by atoms with van der Waals surface area (Å²) in [5, 5.41) is 3.58. The molecule has 0 spiro atoms. The van der Waals surface area contributed by atoms with Gasteiger partial charge < -0.3 is 9.88 Å². The van der Waals surface area contributed by atoms with E-state index in [0.29, 0.717) is 12.8 Å². The molecule has 0 saturated carbocycles. The van der Waals surface area contributed by atoms with E-state index in [1.165, 1.54) is 0 Å². The molecule has 2 saturated heterocycles. The Bertz CT molecular complexity index is 973. The summed E-state index contributed by atoms with van der Waals surface area (Å²) in [7, 11) is 2.00. The Labute approximate surface area is 182 Å². The van der Waals surface area contributed by atoms with Crippen LogP contribution in [0.4, 0.5) is 4.79 Å². The summed E-state index contributed by atoms with van der Waals surface area (Å²) < 4.78 is 2.07. The number of aromatic nitrogens is 1. The minimum absolute atomic E-state index is 0.133. The van der Waals surface area contributed by atoms with E-state index in [1.807, 2.05) is 49.6 Å². The highest BCUT2D eigenvalue weighted by Crippen LogP contribution is 2.31. The van der Waals surface area contributed by atoms with E-state index in [2.05, 4.69) is 26.3 Å². The average molecular weight is 424 g/mol. The van der Waals surface area contributed by atoms with Crippen LogP contribution in [0.3, 0.4) is 0 Å². The number of amides is 4. The fourth-order valence-corrected chi connectivity index (χ4v) is 4.51. The number of likely N-dealkylation sites (tertiary alicyclic amines) is 1. The Kier molecular flexibility index (Phi) is 5.82. The first-order chi connectivity index (χ1) is 14.9. The van der Waals surface area contributed by atoms with Gasteiger partial charge >= 0.3 is 6.03 Å². The monoisotopic (exact) mass is 423 g/mol. The number of aryl methyl sites for hydroxylation is 2. The fourth-order valence-electron chi connectivity index (χ4n) is 4.51. The van der Waals surface area contributed by atoms with E-state index in [-0.39, 0.29) is 18.5 Å². The number of hydrazine groups is 1. The molecule has 0 aliphatic carbocycles. The lowest BCUT2D eigenvalue weighted by Crippen LogP contribution is -2.51. The zero-order valence-corrected chi connectivity index (χ0v) is 18.0. The van der Waals surface area contributed by atoms with Crippen LogP contribution in [0.25, 0.3) is 0 Å². The third-order valence-electron chi connectivity index (χ3n) is 6.29. The Morgan fingerprint density at radius 1 is 1.19 bits per heavy atom. The van der Waals surface area contributed by atoms with E-state index in [0.717, 1.165) is 35.7 Å². The predicted molar refractivity (Wildman–Crippen MR) is 116 cm³/mol. The normalized spacial score (nSPS) is 23.9. The molecule has 2 N–H and O–H groups in total. The van der Waals surface area contributed by atoms with Crippen molar-refractivity contribution in [1.82, 2.24) is 25.2 Å². The molecule has 2 fully saturated rings. The lowest BCUT2D eigenvalue weighted by Gasteiger charge is -2.25. The smallest absolute Gasteiger partial charge is 0.344 e. The molecule has 2 atom stereocenters. The van der Waals surface area contributed by atoms with Gasteiger partial charge in [0.25, 0.3) is 11.8 Å². The first kappa shape index (κ1) is 21.1. The van der Waals surface area contributed by atoms with Gasteiger partial charge in [-0.1, -0.05) is 30.3 Å². The number of hydrogen-bond acceptors (Lipinski definition) is 4. The second kappa shape index (κ2) is 8.55. The van der Waals surface area contributed by atoms with Crippen LogP contribution in [-0.4, -0.2) is 50.9 Å². The van der Waals surface area contributed by atoms with Gasteiger partial charge in [0.15, 0.2) is 0 Å². The topological polar surface area (TPSA) is 86.7 Å². The summed E-state index contributed by atoms with van der Waals surface area (Å²) in [4.78, 5) is 40.2. The fraction of sp³-hybridized carbons (Fsp3) is 0.435. The summed E-state index contributed by atoms with van der Waals surface area (Å²) in [5.41, 5.74) is 3.73. The summed E-state index contributed by atoms with van der Waals surface area (Å²) in [6.07, 6.45) is 5.08. The molecule has 2 aliphatic rings. The van der Waals surface area contributed by atoms with E-state index in [4.69, 9.17) is 0 Å². The van der Waals surface area contributed by atoms with Gasteiger partial charge in [0.2, 0.25) is 0 Å². The number of urea groups is 1. The minimum atomic E-state index is -1.04. The van der Waals surface area contributed by atoms with Crippen LogP contribution in [0.2, 0.25) is 0 Å². The van der Waals surface area contributed by atoms with Crippen molar-refractivity contribution in [2.75, 3.05) is 13.1 Å². The number of nitrogens with zero attached hydrogens (tertiary/aromatic N) is 3. The molecule has 2 aromatic rings. The summed E-state index contributed by atoms with van der Waals surface area (Å²) in [6.45, 7) is 2.64. The Balaban J connectivity index is 1.36. The molecule has 8 heteroatoms. The van der Waals surface area contributed by atoms with Crippen molar-refractivity contribution in [1.29, 1.82) is 0 Å². The first-order valence-corrected chi connectivity index (χ1v) is 10.7. The van der Waals surface area contributed by atoms with E-state index >= 15 is 0 Å². The molecule has 1 aromatic carbocycles. The van der Waals surface area contributed by atoms with Gasteiger partial charge in [-0.05, 0) is 56.8 Å². The van der Waals surface area contributed by atoms with Gasteiger partial charge in [-0.2, -0.15) is 5.01 Å². The molecule has 3 heterocycles. The van der Waals surface area contributed by atoms with Crippen LogP contribution in [0.5, 0.6) is 0 Å². The average Bonchev–Trinajstić information content (AvgIpc) is 3.43. The molecule has 4 rings (SSSR count). The Morgan fingerprint density at radius 2 is 1.97 bits per heavy atom. The Hall–Kier alpha value is -3.13. The molecule has 1 aromatic heterocycles. The molecule has 31 heavy (non-hydrogen) atoms. The number of hydrogen-bond donors (Lipinski definition) is 2.